The fourth-order valence-corrected chi connectivity index (χ4v) is 7.94. The molecule has 1 heterocycles. The normalized spacial score (nSPS) is 37.0. The van der Waals surface area contributed by atoms with Gasteiger partial charge in [-0.1, -0.05) is 54.6 Å². The highest BCUT2D eigenvalue weighted by Crippen LogP contribution is 2.70. The first-order valence-corrected chi connectivity index (χ1v) is 12.0. The maximum atomic E-state index is 13.2. The number of carbonyl (C=O) groups is 3. The van der Waals surface area contributed by atoms with Gasteiger partial charge >= 0.3 is 5.97 Å². The van der Waals surface area contributed by atoms with E-state index in [4.69, 9.17) is 4.74 Å². The molecule has 3 saturated carbocycles. The molecule has 4 aliphatic carbocycles. The Morgan fingerprint density at radius 2 is 1.36 bits per heavy atom. The number of carbonyl (C=O) groups excluding carboxylic acids is 3. The van der Waals surface area contributed by atoms with Crippen molar-refractivity contribution in [2.75, 3.05) is 6.73 Å². The summed E-state index contributed by atoms with van der Waals surface area (Å²) >= 11 is 0. The maximum Gasteiger partial charge on any atom is 0.339 e. The number of benzene rings is 2. The van der Waals surface area contributed by atoms with Crippen LogP contribution in [0, 0.1) is 47.3 Å². The zero-order valence-electron chi connectivity index (χ0n) is 18.2. The van der Waals surface area contributed by atoms with Crippen LogP contribution in [0.25, 0.3) is 11.1 Å². The lowest BCUT2D eigenvalue weighted by Crippen LogP contribution is -2.38. The Labute approximate surface area is 192 Å². The van der Waals surface area contributed by atoms with Gasteiger partial charge in [0.25, 0.3) is 0 Å². The number of hydrogen-bond donors (Lipinski definition) is 0. The highest BCUT2D eigenvalue weighted by molar-refractivity contribution is 6.06. The second-order valence-electron chi connectivity index (χ2n) is 10.3. The number of rotatable bonds is 4. The number of ether oxygens (including phenoxy) is 1. The molecule has 0 aromatic heterocycles. The van der Waals surface area contributed by atoms with Gasteiger partial charge in [0.15, 0.2) is 6.73 Å². The lowest BCUT2D eigenvalue weighted by Gasteiger charge is -2.36. The molecule has 4 bridgehead atoms. The molecule has 5 heteroatoms. The second kappa shape index (κ2) is 6.89. The molecule has 0 N–H and O–H groups in total. The van der Waals surface area contributed by atoms with Crippen molar-refractivity contribution in [1.29, 1.82) is 0 Å². The van der Waals surface area contributed by atoms with Crippen molar-refractivity contribution in [1.82, 2.24) is 4.90 Å². The van der Waals surface area contributed by atoms with E-state index >= 15 is 0 Å². The molecule has 7 rings (SSSR count). The van der Waals surface area contributed by atoms with E-state index in [1.54, 1.807) is 12.1 Å². The van der Waals surface area contributed by atoms with Crippen LogP contribution in [-0.2, 0) is 14.3 Å². The van der Waals surface area contributed by atoms with Crippen LogP contribution in [0.4, 0.5) is 0 Å². The summed E-state index contributed by atoms with van der Waals surface area (Å²) in [5.74, 6) is 1.73. The fraction of sp³-hybridized carbons (Fsp3) is 0.393. The maximum absolute atomic E-state index is 13.2. The van der Waals surface area contributed by atoms with Crippen molar-refractivity contribution in [3.8, 4) is 11.1 Å². The minimum absolute atomic E-state index is 0.130. The number of hydrogen-bond acceptors (Lipinski definition) is 4. The van der Waals surface area contributed by atoms with E-state index in [0.29, 0.717) is 41.1 Å². The predicted octanol–water partition coefficient (Wildman–Crippen LogP) is 4.16. The molecule has 166 valence electrons. The molecule has 2 aromatic carbocycles. The number of allylic oxidation sites excluding steroid dienone is 2. The van der Waals surface area contributed by atoms with E-state index in [2.05, 4.69) is 12.2 Å². The summed E-state index contributed by atoms with van der Waals surface area (Å²) < 4.78 is 5.44. The van der Waals surface area contributed by atoms with Crippen LogP contribution in [0.3, 0.4) is 0 Å². The molecule has 4 fully saturated rings. The number of nitrogens with zero attached hydrogens (tertiary/aromatic N) is 1. The molecular formula is C28H25NO4. The number of esters is 1. The Morgan fingerprint density at radius 3 is 1.97 bits per heavy atom. The Balaban J connectivity index is 1.04. The lowest BCUT2D eigenvalue weighted by molar-refractivity contribution is -0.145. The Bertz CT molecular complexity index is 1140. The van der Waals surface area contributed by atoms with Gasteiger partial charge in [0.1, 0.15) is 0 Å². The largest absolute Gasteiger partial charge is 0.440 e. The highest BCUT2D eigenvalue weighted by atomic mass is 16.5. The van der Waals surface area contributed by atoms with Crippen molar-refractivity contribution in [3.05, 3.63) is 72.3 Å². The first-order valence-electron chi connectivity index (χ1n) is 12.0. The quantitative estimate of drug-likeness (QED) is 0.311. The molecule has 0 spiro atoms. The van der Waals surface area contributed by atoms with Gasteiger partial charge in [-0.2, -0.15) is 0 Å². The smallest absolute Gasteiger partial charge is 0.339 e. The molecule has 8 atom stereocenters. The molecule has 2 amide bonds. The van der Waals surface area contributed by atoms with Gasteiger partial charge in [-0.25, -0.2) is 9.69 Å². The van der Waals surface area contributed by atoms with Crippen molar-refractivity contribution >= 4 is 17.8 Å². The van der Waals surface area contributed by atoms with Crippen molar-refractivity contribution < 1.29 is 19.1 Å². The van der Waals surface area contributed by atoms with Crippen molar-refractivity contribution in [2.24, 2.45) is 47.3 Å². The van der Waals surface area contributed by atoms with E-state index < -0.39 is 5.97 Å². The Kier molecular flexibility index (Phi) is 4.03. The summed E-state index contributed by atoms with van der Waals surface area (Å²) in [4.78, 5) is 40.3. The van der Waals surface area contributed by atoms with Crippen molar-refractivity contribution in [3.63, 3.8) is 0 Å². The molecule has 5 aliphatic rings. The summed E-state index contributed by atoms with van der Waals surface area (Å²) in [5, 5.41) is 0. The van der Waals surface area contributed by atoms with E-state index in [0.717, 1.165) is 17.5 Å². The number of fused-ring (bicyclic) bond motifs is 12. The topological polar surface area (TPSA) is 63.7 Å². The Morgan fingerprint density at radius 1 is 0.788 bits per heavy atom. The highest BCUT2D eigenvalue weighted by Gasteiger charge is 2.71. The van der Waals surface area contributed by atoms with Crippen LogP contribution in [0.1, 0.15) is 23.2 Å². The van der Waals surface area contributed by atoms with Gasteiger partial charge in [0.2, 0.25) is 11.8 Å². The van der Waals surface area contributed by atoms with Crippen LogP contribution in [-0.4, -0.2) is 29.4 Å². The summed E-state index contributed by atoms with van der Waals surface area (Å²) in [6.45, 7) is -0.288. The zero-order chi connectivity index (χ0) is 22.3. The average molecular weight is 440 g/mol. The van der Waals surface area contributed by atoms with E-state index in [9.17, 15) is 14.4 Å². The van der Waals surface area contributed by atoms with Gasteiger partial charge in [0.05, 0.1) is 17.4 Å². The number of likely N-dealkylation sites (tertiary alicyclic amines) is 1. The minimum Gasteiger partial charge on any atom is -0.440 e. The monoisotopic (exact) mass is 439 g/mol. The average Bonchev–Trinajstić information content (AvgIpc) is 3.65. The van der Waals surface area contributed by atoms with Crippen molar-refractivity contribution in [2.45, 2.75) is 12.8 Å². The molecule has 0 radical (unpaired) electrons. The summed E-state index contributed by atoms with van der Waals surface area (Å²) in [6.07, 6.45) is 6.89. The molecule has 1 aliphatic heterocycles. The van der Waals surface area contributed by atoms with Crippen LogP contribution in [0.15, 0.2) is 66.7 Å². The van der Waals surface area contributed by atoms with Gasteiger partial charge in [0, 0.05) is 0 Å². The van der Waals surface area contributed by atoms with Crippen LogP contribution >= 0.6 is 0 Å². The molecule has 33 heavy (non-hydrogen) atoms. The minimum atomic E-state index is -0.519. The second-order valence-corrected chi connectivity index (χ2v) is 10.3. The van der Waals surface area contributed by atoms with Crippen LogP contribution in [0.2, 0.25) is 0 Å². The standard InChI is InChI=1S/C28H25NO4/c30-26-24-20-13-21(23-19-11-10-18(12-19)22(20)23)25(24)27(31)29(26)14-33-28(32)17-8-6-16(7-9-17)15-4-2-1-3-5-15/h1-11,18-25H,12-14H2. The fourth-order valence-electron chi connectivity index (χ4n) is 7.94. The lowest BCUT2D eigenvalue weighted by atomic mass is 9.65. The summed E-state index contributed by atoms with van der Waals surface area (Å²) in [7, 11) is 0. The predicted molar refractivity (Wildman–Crippen MR) is 120 cm³/mol. The molecule has 2 aromatic rings. The van der Waals surface area contributed by atoms with Gasteiger partial charge < -0.3 is 4.74 Å². The molecule has 5 nitrogen and oxygen atoms in total. The van der Waals surface area contributed by atoms with Crippen LogP contribution < -0.4 is 0 Å². The first kappa shape index (κ1) is 19.3. The third-order valence-corrected chi connectivity index (χ3v) is 9.08. The van der Waals surface area contributed by atoms with Crippen LogP contribution in [0.5, 0.6) is 0 Å². The zero-order valence-corrected chi connectivity index (χ0v) is 18.2. The summed E-state index contributed by atoms with van der Waals surface area (Å²) in [6, 6.07) is 17.1. The van der Waals surface area contributed by atoms with E-state index in [1.165, 1.54) is 11.3 Å². The third-order valence-electron chi connectivity index (χ3n) is 9.08. The Hall–Kier alpha value is -3.21. The number of amides is 2. The van der Waals surface area contributed by atoms with Gasteiger partial charge in [-0.05, 0) is 71.6 Å². The van der Waals surface area contributed by atoms with Gasteiger partial charge in [-0.15, -0.1) is 0 Å². The van der Waals surface area contributed by atoms with E-state index in [1.807, 2.05) is 42.5 Å². The first-order chi connectivity index (χ1) is 16.1. The summed E-state index contributed by atoms with van der Waals surface area (Å²) in [5.41, 5.74) is 2.49. The number of imide groups is 1. The SMILES string of the molecule is O=C(OCN1C(=O)C2C3CC(C2C1=O)C1C2C=CC(C2)C31)c1ccc(-c2ccccc2)cc1. The molecule has 1 saturated heterocycles. The molecular weight excluding hydrogens is 414 g/mol. The van der Waals surface area contributed by atoms with E-state index in [-0.39, 0.29) is 30.4 Å². The third kappa shape index (κ3) is 2.62. The molecule has 8 unspecified atom stereocenters. The van der Waals surface area contributed by atoms with Gasteiger partial charge in [-0.3, -0.25) is 9.59 Å².